The minimum Gasteiger partial charge on any atom is -0.336 e. The number of hydrogen-bond donors (Lipinski definition) is 0. The number of piperidine rings is 1. The summed E-state index contributed by atoms with van der Waals surface area (Å²) in [6.45, 7) is 5.18. The lowest BCUT2D eigenvalue weighted by molar-refractivity contribution is 0.0620. The number of aromatic nitrogens is 1. The number of rotatable bonds is 3. The van der Waals surface area contributed by atoms with Gasteiger partial charge < -0.3 is 4.90 Å². The van der Waals surface area contributed by atoms with Gasteiger partial charge in [0.2, 0.25) is 0 Å². The summed E-state index contributed by atoms with van der Waals surface area (Å²) >= 11 is 1.62. The minimum absolute atomic E-state index is 0.0530. The van der Waals surface area contributed by atoms with Crippen molar-refractivity contribution >= 4 is 17.7 Å². The summed E-state index contributed by atoms with van der Waals surface area (Å²) in [5, 5.41) is 9.25. The van der Waals surface area contributed by atoms with E-state index in [-0.39, 0.29) is 5.91 Å². The second-order valence-corrected chi connectivity index (χ2v) is 6.59. The number of likely N-dealkylation sites (tertiary alicyclic amines) is 1. The zero-order chi connectivity index (χ0) is 14.6. The first-order chi connectivity index (χ1) is 9.59. The molecule has 4 nitrogen and oxygen atoms in total. The predicted octanol–water partition coefficient (Wildman–Crippen LogP) is 2.96. The fraction of sp³-hybridized carbons (Fsp3) is 0.533. The van der Waals surface area contributed by atoms with Crippen molar-refractivity contribution in [2.75, 3.05) is 18.8 Å². The summed E-state index contributed by atoms with van der Waals surface area (Å²) in [6.07, 6.45) is 3.38. The lowest BCUT2D eigenvalue weighted by Gasteiger charge is -2.35. The third-order valence-corrected chi connectivity index (χ3v) is 4.46. The zero-order valence-electron chi connectivity index (χ0n) is 11.9. The SMILES string of the molecule is CCSc1cccnc1C(=O)N1CCCC(C)(C#N)C1. The molecule has 1 aliphatic rings. The smallest absolute Gasteiger partial charge is 0.273 e. The van der Waals surface area contributed by atoms with Crippen LogP contribution in [-0.2, 0) is 0 Å². The average Bonchev–Trinajstić information content (AvgIpc) is 2.47. The summed E-state index contributed by atoms with van der Waals surface area (Å²) in [5.74, 6) is 0.852. The highest BCUT2D eigenvalue weighted by molar-refractivity contribution is 7.99. The van der Waals surface area contributed by atoms with Crippen molar-refractivity contribution in [2.24, 2.45) is 5.41 Å². The molecule has 1 aromatic rings. The standard InChI is InChI=1S/C15H19N3OS/c1-3-20-12-6-4-8-17-13(12)14(19)18-9-5-7-15(2,10-16)11-18/h4,6,8H,3,5,7,9,11H2,1-2H3. The van der Waals surface area contributed by atoms with E-state index in [9.17, 15) is 10.1 Å². The molecule has 0 spiro atoms. The molecule has 2 heterocycles. The minimum atomic E-state index is -0.430. The molecule has 5 heteroatoms. The van der Waals surface area contributed by atoms with Crippen LogP contribution in [0.25, 0.3) is 0 Å². The van der Waals surface area contributed by atoms with E-state index in [1.54, 1.807) is 22.9 Å². The van der Waals surface area contributed by atoms with E-state index < -0.39 is 5.41 Å². The van der Waals surface area contributed by atoms with Crippen molar-refractivity contribution in [1.29, 1.82) is 5.26 Å². The highest BCUT2D eigenvalue weighted by atomic mass is 32.2. The first-order valence-corrected chi connectivity index (χ1v) is 7.86. The maximum Gasteiger partial charge on any atom is 0.273 e. The molecule has 0 aliphatic carbocycles. The largest absolute Gasteiger partial charge is 0.336 e. The van der Waals surface area contributed by atoms with E-state index in [1.165, 1.54) is 0 Å². The van der Waals surface area contributed by atoms with Crippen LogP contribution >= 0.6 is 11.8 Å². The highest BCUT2D eigenvalue weighted by Crippen LogP contribution is 2.30. The number of nitrogens with zero attached hydrogens (tertiary/aromatic N) is 3. The fourth-order valence-corrected chi connectivity index (χ4v) is 3.24. The van der Waals surface area contributed by atoms with Gasteiger partial charge >= 0.3 is 0 Å². The van der Waals surface area contributed by atoms with Gasteiger partial charge in [-0.15, -0.1) is 11.8 Å². The molecule has 2 rings (SSSR count). The molecule has 1 saturated heterocycles. The van der Waals surface area contributed by atoms with Crippen LogP contribution in [0.2, 0.25) is 0 Å². The van der Waals surface area contributed by atoms with Crippen molar-refractivity contribution < 1.29 is 4.79 Å². The Kier molecular flexibility index (Phi) is 4.66. The topological polar surface area (TPSA) is 57.0 Å². The van der Waals surface area contributed by atoms with Gasteiger partial charge in [-0.25, -0.2) is 4.98 Å². The molecule has 1 unspecified atom stereocenters. The molecule has 0 radical (unpaired) electrons. The number of hydrogen-bond acceptors (Lipinski definition) is 4. The summed E-state index contributed by atoms with van der Waals surface area (Å²) in [4.78, 5) is 19.6. The van der Waals surface area contributed by atoms with Crippen LogP contribution in [0, 0.1) is 16.7 Å². The Bertz CT molecular complexity index is 540. The molecule has 106 valence electrons. The Labute approximate surface area is 124 Å². The number of carbonyl (C=O) groups is 1. The van der Waals surface area contributed by atoms with E-state index in [0.29, 0.717) is 18.8 Å². The van der Waals surface area contributed by atoms with Crippen LogP contribution in [0.4, 0.5) is 0 Å². The van der Waals surface area contributed by atoms with Crippen molar-refractivity contribution in [3.63, 3.8) is 0 Å². The monoisotopic (exact) mass is 289 g/mol. The fourth-order valence-electron chi connectivity index (χ4n) is 2.48. The Morgan fingerprint density at radius 3 is 3.15 bits per heavy atom. The van der Waals surface area contributed by atoms with Gasteiger partial charge in [0.15, 0.2) is 0 Å². The van der Waals surface area contributed by atoms with Gasteiger partial charge in [-0.05, 0) is 37.7 Å². The average molecular weight is 289 g/mol. The molecule has 1 fully saturated rings. The van der Waals surface area contributed by atoms with E-state index in [2.05, 4.69) is 18.0 Å². The first-order valence-electron chi connectivity index (χ1n) is 6.88. The second kappa shape index (κ2) is 6.27. The van der Waals surface area contributed by atoms with Crippen LogP contribution in [0.3, 0.4) is 0 Å². The summed E-state index contributed by atoms with van der Waals surface area (Å²) in [6, 6.07) is 6.12. The molecule has 0 N–H and O–H groups in total. The van der Waals surface area contributed by atoms with E-state index in [0.717, 1.165) is 23.5 Å². The molecule has 1 atom stereocenters. The Morgan fingerprint density at radius 1 is 1.65 bits per heavy atom. The third-order valence-electron chi connectivity index (χ3n) is 3.53. The quantitative estimate of drug-likeness (QED) is 0.803. The van der Waals surface area contributed by atoms with Gasteiger partial charge in [0, 0.05) is 24.2 Å². The third kappa shape index (κ3) is 3.13. The molecule has 1 amide bonds. The molecule has 1 aromatic heterocycles. The van der Waals surface area contributed by atoms with E-state index >= 15 is 0 Å². The van der Waals surface area contributed by atoms with Crippen molar-refractivity contribution in [3.8, 4) is 6.07 Å². The van der Waals surface area contributed by atoms with Crippen molar-refractivity contribution in [1.82, 2.24) is 9.88 Å². The van der Waals surface area contributed by atoms with Gasteiger partial charge in [0.25, 0.3) is 5.91 Å². The maximum absolute atomic E-state index is 12.6. The molecule has 0 saturated carbocycles. The number of amides is 1. The van der Waals surface area contributed by atoms with Crippen LogP contribution in [0.1, 0.15) is 37.2 Å². The normalized spacial score (nSPS) is 22.4. The molecular formula is C15H19N3OS. The molecule has 0 aromatic carbocycles. The van der Waals surface area contributed by atoms with Gasteiger partial charge in [0.05, 0.1) is 11.5 Å². The van der Waals surface area contributed by atoms with Gasteiger partial charge in [-0.2, -0.15) is 5.26 Å². The summed E-state index contributed by atoms with van der Waals surface area (Å²) < 4.78 is 0. The Hall–Kier alpha value is -1.54. The number of nitriles is 1. The summed E-state index contributed by atoms with van der Waals surface area (Å²) in [5.41, 5.74) is 0.0855. The van der Waals surface area contributed by atoms with Crippen LogP contribution in [0.15, 0.2) is 23.2 Å². The van der Waals surface area contributed by atoms with Gasteiger partial charge in [-0.3, -0.25) is 4.79 Å². The van der Waals surface area contributed by atoms with Gasteiger partial charge in [-0.1, -0.05) is 6.92 Å². The predicted molar refractivity (Wildman–Crippen MR) is 79.5 cm³/mol. The number of carbonyl (C=O) groups excluding carboxylic acids is 1. The van der Waals surface area contributed by atoms with Crippen molar-refractivity contribution in [2.45, 2.75) is 31.6 Å². The molecule has 1 aliphatic heterocycles. The van der Waals surface area contributed by atoms with Crippen LogP contribution < -0.4 is 0 Å². The second-order valence-electron chi connectivity index (χ2n) is 5.29. The Balaban J connectivity index is 2.21. The number of thioether (sulfide) groups is 1. The maximum atomic E-state index is 12.6. The first kappa shape index (κ1) is 14.9. The molecule has 0 bridgehead atoms. The number of pyridine rings is 1. The summed E-state index contributed by atoms with van der Waals surface area (Å²) in [7, 11) is 0. The van der Waals surface area contributed by atoms with Crippen LogP contribution in [0.5, 0.6) is 0 Å². The highest BCUT2D eigenvalue weighted by Gasteiger charge is 2.34. The van der Waals surface area contributed by atoms with E-state index in [1.807, 2.05) is 19.1 Å². The Morgan fingerprint density at radius 2 is 2.45 bits per heavy atom. The molecular weight excluding hydrogens is 270 g/mol. The zero-order valence-corrected chi connectivity index (χ0v) is 12.7. The lowest BCUT2D eigenvalue weighted by Crippen LogP contribution is -2.44. The lowest BCUT2D eigenvalue weighted by atomic mass is 9.83. The van der Waals surface area contributed by atoms with Crippen molar-refractivity contribution in [3.05, 3.63) is 24.0 Å². The molecule has 20 heavy (non-hydrogen) atoms. The van der Waals surface area contributed by atoms with E-state index in [4.69, 9.17) is 0 Å². The van der Waals surface area contributed by atoms with Gasteiger partial charge in [0.1, 0.15) is 5.69 Å². The van der Waals surface area contributed by atoms with Crippen LogP contribution in [-0.4, -0.2) is 34.6 Å².